The van der Waals surface area contributed by atoms with E-state index in [0.29, 0.717) is 19.1 Å². The van der Waals surface area contributed by atoms with Crippen molar-refractivity contribution in [1.29, 1.82) is 0 Å². The molecule has 2 fully saturated rings. The van der Waals surface area contributed by atoms with Gasteiger partial charge >= 0.3 is 0 Å². The number of hydrogen-bond donors (Lipinski definition) is 1. The minimum Gasteiger partial charge on any atom is -0.376 e. The Kier molecular flexibility index (Phi) is 7.06. The molecule has 2 atom stereocenters. The molecule has 0 spiro atoms. The first-order valence-corrected chi connectivity index (χ1v) is 12.9. The van der Waals surface area contributed by atoms with E-state index >= 15 is 0 Å². The maximum atomic E-state index is 13.1. The predicted molar refractivity (Wildman–Crippen MR) is 132 cm³/mol. The number of benzene rings is 1. The highest BCUT2D eigenvalue weighted by Gasteiger charge is 2.32. The van der Waals surface area contributed by atoms with Gasteiger partial charge in [0, 0.05) is 30.3 Å². The van der Waals surface area contributed by atoms with Crippen LogP contribution in [0.5, 0.6) is 0 Å². The van der Waals surface area contributed by atoms with Crippen molar-refractivity contribution in [1.82, 2.24) is 30.1 Å². The van der Waals surface area contributed by atoms with Gasteiger partial charge in [0.1, 0.15) is 0 Å². The number of nitrogens with one attached hydrogen (secondary N) is 1. The fourth-order valence-corrected chi connectivity index (χ4v) is 5.72. The highest BCUT2D eigenvalue weighted by atomic mass is 16.5. The van der Waals surface area contributed by atoms with Crippen LogP contribution < -0.4 is 5.56 Å². The van der Waals surface area contributed by atoms with E-state index in [1.807, 2.05) is 16.8 Å². The minimum absolute atomic E-state index is 0.00837. The number of nitrogens with zero attached hydrogens (tertiary/aromatic N) is 5. The van der Waals surface area contributed by atoms with Crippen LogP contribution in [0.1, 0.15) is 81.3 Å². The molecular weight excluding hydrogens is 428 g/mol. The molecule has 1 aliphatic carbocycles. The largest absolute Gasteiger partial charge is 0.376 e. The molecule has 1 N–H and O–H groups in total. The number of H-pyrrole nitrogens is 1. The van der Waals surface area contributed by atoms with E-state index < -0.39 is 0 Å². The first-order valence-electron chi connectivity index (χ1n) is 12.9. The topological polar surface area (TPSA) is 88.9 Å². The van der Waals surface area contributed by atoms with Crippen LogP contribution in [-0.4, -0.2) is 48.8 Å². The third kappa shape index (κ3) is 4.93. The number of aryl methyl sites for hydroxylation is 1. The van der Waals surface area contributed by atoms with Crippen molar-refractivity contribution in [2.24, 2.45) is 0 Å². The number of hydrogen-bond acceptors (Lipinski definition) is 6. The second-order valence-corrected chi connectivity index (χ2v) is 9.96. The van der Waals surface area contributed by atoms with Crippen molar-refractivity contribution < 1.29 is 4.74 Å². The summed E-state index contributed by atoms with van der Waals surface area (Å²) in [7, 11) is 0. The molecule has 3 heterocycles. The molecule has 0 amide bonds. The number of ether oxygens (including phenoxy) is 1. The summed E-state index contributed by atoms with van der Waals surface area (Å²) in [6.45, 7) is 6.37. The van der Waals surface area contributed by atoms with Gasteiger partial charge in [-0.2, -0.15) is 0 Å². The van der Waals surface area contributed by atoms with E-state index in [-0.39, 0.29) is 17.7 Å². The first-order chi connectivity index (χ1) is 16.6. The molecule has 3 aromatic rings. The SMILES string of the molecule is CC[C@@H](c1nnnn1C[C@H]1CCCO1)N(Cc1cc2cc(C)ccc2[nH]c1=O)C1CCCCC1. The van der Waals surface area contributed by atoms with Crippen molar-refractivity contribution in [3.8, 4) is 0 Å². The van der Waals surface area contributed by atoms with Crippen LogP contribution in [0, 0.1) is 6.92 Å². The maximum absolute atomic E-state index is 13.1. The molecule has 34 heavy (non-hydrogen) atoms. The van der Waals surface area contributed by atoms with Crippen LogP contribution in [0.4, 0.5) is 0 Å². The van der Waals surface area contributed by atoms with E-state index in [2.05, 4.69) is 51.4 Å². The van der Waals surface area contributed by atoms with Gasteiger partial charge in [0.05, 0.1) is 18.7 Å². The Balaban J connectivity index is 1.48. The average Bonchev–Trinajstić information content (AvgIpc) is 3.53. The average molecular weight is 465 g/mol. The number of aromatic amines is 1. The van der Waals surface area contributed by atoms with Crippen LogP contribution in [0.25, 0.3) is 10.9 Å². The van der Waals surface area contributed by atoms with E-state index in [9.17, 15) is 4.79 Å². The summed E-state index contributed by atoms with van der Waals surface area (Å²) in [6.07, 6.45) is 9.24. The lowest BCUT2D eigenvalue weighted by atomic mass is 9.92. The molecule has 0 bridgehead atoms. The van der Waals surface area contributed by atoms with E-state index in [4.69, 9.17) is 4.74 Å². The van der Waals surface area contributed by atoms with Crippen molar-refractivity contribution in [3.63, 3.8) is 0 Å². The molecule has 2 aromatic heterocycles. The number of pyridine rings is 1. The van der Waals surface area contributed by atoms with Crippen molar-refractivity contribution in [2.75, 3.05) is 6.61 Å². The molecule has 182 valence electrons. The summed E-state index contributed by atoms with van der Waals surface area (Å²) < 4.78 is 7.80. The highest BCUT2D eigenvalue weighted by molar-refractivity contribution is 5.79. The second kappa shape index (κ2) is 10.4. The number of fused-ring (bicyclic) bond motifs is 1. The zero-order valence-corrected chi connectivity index (χ0v) is 20.4. The molecule has 8 nitrogen and oxygen atoms in total. The lowest BCUT2D eigenvalue weighted by molar-refractivity contribution is 0.0734. The lowest BCUT2D eigenvalue weighted by Gasteiger charge is -2.39. The molecule has 8 heteroatoms. The standard InChI is InChI=1S/C26H36N6O2/c1-3-24(25-28-29-30-32(25)17-22-10-7-13-34-22)31(21-8-5-4-6-9-21)16-20-15-19-14-18(2)11-12-23(19)27-26(20)33/h11-12,14-15,21-22,24H,3-10,13,16-17H2,1-2H3,(H,27,33)/t22-,24+/m1/s1. The zero-order chi connectivity index (χ0) is 23.5. The van der Waals surface area contributed by atoms with Crippen molar-refractivity contribution in [3.05, 3.63) is 51.6 Å². The number of tetrazole rings is 1. The molecule has 2 aliphatic rings. The normalized spacial score (nSPS) is 20.4. The molecule has 5 rings (SSSR count). The van der Waals surface area contributed by atoms with Gasteiger partial charge in [-0.15, -0.1) is 5.10 Å². The predicted octanol–water partition coefficient (Wildman–Crippen LogP) is 4.29. The fraction of sp³-hybridized carbons (Fsp3) is 0.615. The van der Waals surface area contributed by atoms with Crippen LogP contribution in [0.3, 0.4) is 0 Å². The summed E-state index contributed by atoms with van der Waals surface area (Å²) in [5.41, 5.74) is 2.87. The van der Waals surface area contributed by atoms with E-state index in [1.54, 1.807) is 0 Å². The van der Waals surface area contributed by atoms with Gasteiger partial charge < -0.3 is 9.72 Å². The van der Waals surface area contributed by atoms with Crippen LogP contribution in [-0.2, 0) is 17.8 Å². The summed E-state index contributed by atoms with van der Waals surface area (Å²) in [6, 6.07) is 8.69. The third-order valence-corrected chi connectivity index (χ3v) is 7.52. The molecule has 1 aliphatic heterocycles. The highest BCUT2D eigenvalue weighted by Crippen LogP contribution is 2.33. The molecule has 1 saturated carbocycles. The van der Waals surface area contributed by atoms with Gasteiger partial charge in [-0.1, -0.05) is 37.8 Å². The molecule has 1 saturated heterocycles. The number of rotatable bonds is 8. The Labute approximate surface area is 200 Å². The number of aromatic nitrogens is 5. The van der Waals surface area contributed by atoms with E-state index in [0.717, 1.165) is 61.0 Å². The summed E-state index contributed by atoms with van der Waals surface area (Å²) in [4.78, 5) is 18.7. The Morgan fingerprint density at radius 1 is 1.18 bits per heavy atom. The Morgan fingerprint density at radius 2 is 2.03 bits per heavy atom. The molecule has 0 unspecified atom stereocenters. The second-order valence-electron chi connectivity index (χ2n) is 9.96. The fourth-order valence-electron chi connectivity index (χ4n) is 5.72. The van der Waals surface area contributed by atoms with Gasteiger partial charge in [0.15, 0.2) is 5.82 Å². The van der Waals surface area contributed by atoms with Gasteiger partial charge in [0.25, 0.3) is 5.56 Å². The maximum Gasteiger partial charge on any atom is 0.252 e. The molecule has 0 radical (unpaired) electrons. The van der Waals surface area contributed by atoms with Crippen LogP contribution >= 0.6 is 0 Å². The smallest absolute Gasteiger partial charge is 0.252 e. The Bertz CT molecular complexity index is 1160. The lowest BCUT2D eigenvalue weighted by Crippen LogP contribution is -2.41. The minimum atomic E-state index is -0.00837. The zero-order valence-electron chi connectivity index (χ0n) is 20.4. The van der Waals surface area contributed by atoms with Crippen LogP contribution in [0.2, 0.25) is 0 Å². The quantitative estimate of drug-likeness (QED) is 0.535. The van der Waals surface area contributed by atoms with E-state index in [1.165, 1.54) is 24.8 Å². The first kappa shape index (κ1) is 23.2. The molecular formula is C26H36N6O2. The Morgan fingerprint density at radius 3 is 2.79 bits per heavy atom. The van der Waals surface area contributed by atoms with Crippen LogP contribution in [0.15, 0.2) is 29.1 Å². The van der Waals surface area contributed by atoms with Gasteiger partial charge in [-0.05, 0) is 73.0 Å². The molecule has 1 aromatic carbocycles. The monoisotopic (exact) mass is 464 g/mol. The van der Waals surface area contributed by atoms with Crippen molar-refractivity contribution in [2.45, 2.75) is 96.5 Å². The van der Waals surface area contributed by atoms with Gasteiger partial charge in [0.2, 0.25) is 0 Å². The summed E-state index contributed by atoms with van der Waals surface area (Å²) in [5.74, 6) is 0.886. The Hall–Kier alpha value is -2.58. The summed E-state index contributed by atoms with van der Waals surface area (Å²) >= 11 is 0. The van der Waals surface area contributed by atoms with Gasteiger partial charge in [-0.3, -0.25) is 9.69 Å². The van der Waals surface area contributed by atoms with Crippen molar-refractivity contribution >= 4 is 10.9 Å². The van der Waals surface area contributed by atoms with Gasteiger partial charge in [-0.25, -0.2) is 4.68 Å². The third-order valence-electron chi connectivity index (χ3n) is 7.52. The summed E-state index contributed by atoms with van der Waals surface area (Å²) in [5, 5.41) is 13.9.